The van der Waals surface area contributed by atoms with E-state index in [0.717, 1.165) is 18.7 Å². The number of hydrogen-bond donors (Lipinski definition) is 3. The molecule has 0 aliphatic carbocycles. The third kappa shape index (κ3) is 24.7. The van der Waals surface area contributed by atoms with Gasteiger partial charge in [0.15, 0.2) is 0 Å². The maximum Gasteiger partial charge on any atom is 0.516 e. The summed E-state index contributed by atoms with van der Waals surface area (Å²) in [5.41, 5.74) is 1.09. The lowest BCUT2D eigenvalue weighted by Gasteiger charge is -2.26. The molecule has 3 saturated heterocycles. The number of carboxylic acid groups (broad SMARTS) is 2. The first-order chi connectivity index (χ1) is 27.2. The Bertz CT molecular complexity index is 1350. The molecule has 3 N–H and O–H groups in total. The third-order valence-electron chi connectivity index (χ3n) is 8.95. The van der Waals surface area contributed by atoms with E-state index in [1.54, 1.807) is 0 Å². The highest BCUT2D eigenvalue weighted by Crippen LogP contribution is 2.17. The number of aliphatic carboxylic acids is 2. The van der Waals surface area contributed by atoms with Gasteiger partial charge in [-0.25, -0.2) is 9.59 Å². The number of carboxylic acids is 2. The maximum atomic E-state index is 12.9. The third-order valence-corrected chi connectivity index (χ3v) is 8.95. The van der Waals surface area contributed by atoms with Gasteiger partial charge < -0.3 is 39.2 Å². The monoisotopic (exact) mass is 824 g/mol. The molecule has 17 heteroatoms. The summed E-state index contributed by atoms with van der Waals surface area (Å²) in [4.78, 5) is 75.6. The van der Waals surface area contributed by atoms with Crippen molar-refractivity contribution in [2.45, 2.75) is 66.8 Å². The van der Waals surface area contributed by atoms with E-state index in [0.29, 0.717) is 91.6 Å². The van der Waals surface area contributed by atoms with Gasteiger partial charge in [-0.1, -0.05) is 65.5 Å². The molecule has 0 aromatic heterocycles. The van der Waals surface area contributed by atoms with Crippen LogP contribution in [0.5, 0.6) is 0 Å². The van der Waals surface area contributed by atoms with E-state index in [9.17, 15) is 33.9 Å². The molecule has 3 aliphatic rings. The minimum Gasteiger partial charge on any atom is -0.480 e. The van der Waals surface area contributed by atoms with Crippen LogP contribution in [0.1, 0.15) is 59.9 Å². The Hall–Kier alpha value is -4.00. The molecule has 2 atom stereocenters. The van der Waals surface area contributed by atoms with Gasteiger partial charge in [0.2, 0.25) is 5.91 Å². The number of amides is 1. The van der Waals surface area contributed by atoms with Crippen molar-refractivity contribution < 1.29 is 62.7 Å². The summed E-state index contributed by atoms with van der Waals surface area (Å²) < 4.78 is 24.8. The average molecular weight is 825 g/mol. The van der Waals surface area contributed by atoms with E-state index in [1.807, 2.05) is 72.7 Å². The number of morpholine rings is 3. The summed E-state index contributed by atoms with van der Waals surface area (Å²) in [6.45, 7) is 16.4. The molecule has 330 valence electrons. The maximum absolute atomic E-state index is 12.9. The van der Waals surface area contributed by atoms with Crippen LogP contribution >= 0.6 is 0 Å². The van der Waals surface area contributed by atoms with E-state index in [-0.39, 0.29) is 57.1 Å². The van der Waals surface area contributed by atoms with Crippen molar-refractivity contribution in [3.05, 3.63) is 35.9 Å². The number of benzene rings is 1. The van der Waals surface area contributed by atoms with Crippen molar-refractivity contribution in [3.63, 3.8) is 0 Å². The fourth-order valence-electron chi connectivity index (χ4n) is 5.92. The Morgan fingerprint density at radius 3 is 1.69 bits per heavy atom. The first-order valence-electron chi connectivity index (χ1n) is 19.8. The van der Waals surface area contributed by atoms with Crippen molar-refractivity contribution in [3.8, 4) is 0 Å². The number of hydrogen-bond acceptors (Lipinski definition) is 14. The molecule has 17 nitrogen and oxygen atoms in total. The molecule has 3 aliphatic heterocycles. The van der Waals surface area contributed by atoms with Crippen LogP contribution in [0, 0.1) is 17.8 Å². The predicted molar refractivity (Wildman–Crippen MR) is 215 cm³/mol. The number of ketones is 1. The zero-order valence-corrected chi connectivity index (χ0v) is 34.1. The molecule has 0 radical (unpaired) electrons. The summed E-state index contributed by atoms with van der Waals surface area (Å²) in [5, 5.41) is 20.5. The van der Waals surface area contributed by atoms with Crippen molar-refractivity contribution in [1.29, 1.82) is 0 Å². The Morgan fingerprint density at radius 1 is 0.724 bits per heavy atom. The van der Waals surface area contributed by atoms with E-state index in [2.05, 4.69) is 10.1 Å². The van der Waals surface area contributed by atoms with Gasteiger partial charge in [0.1, 0.15) is 11.8 Å². The second-order valence-corrected chi connectivity index (χ2v) is 15.0. The molecule has 3 fully saturated rings. The van der Waals surface area contributed by atoms with Crippen LogP contribution in [-0.2, 0) is 54.1 Å². The first kappa shape index (κ1) is 52.0. The Morgan fingerprint density at radius 2 is 1.22 bits per heavy atom. The minimum absolute atomic E-state index is 0. The number of nitrogens with one attached hydrogen (secondary N) is 1. The average Bonchev–Trinajstić information content (AvgIpc) is 3.17. The zero-order valence-electron chi connectivity index (χ0n) is 34.1. The molecular weight excluding hydrogens is 756 g/mol. The van der Waals surface area contributed by atoms with E-state index in [4.69, 9.17) is 24.1 Å². The number of aryl methyl sites for hydroxylation is 1. The number of Topliss-reactive ketones (excluding diaryl/α,β-unsaturated/α-hetero) is 1. The summed E-state index contributed by atoms with van der Waals surface area (Å²) >= 11 is 0. The highest BCUT2D eigenvalue weighted by atomic mass is 16.7. The topological polar surface area (TPSA) is 211 Å². The van der Waals surface area contributed by atoms with E-state index >= 15 is 0 Å². The molecule has 0 saturated carbocycles. The smallest absolute Gasteiger partial charge is 0.480 e. The number of carbonyl (C=O) groups excluding carboxylic acids is 4. The van der Waals surface area contributed by atoms with Crippen LogP contribution in [-0.4, -0.2) is 172 Å². The van der Waals surface area contributed by atoms with Gasteiger partial charge in [-0.05, 0) is 36.7 Å². The van der Waals surface area contributed by atoms with Gasteiger partial charge in [-0.2, -0.15) is 0 Å². The SMILES string of the molecule is C.CC(C)CC(NC(=O)[C@H](CCc1ccccc1)CC(=O)CN1CCOCC1)C(=O)O.CC(C)COC(=O)OC(=O)CN1CCOCC1.O=C(O)CN1CCOCC1. The zero-order chi connectivity index (χ0) is 42.0. The Balaban J connectivity index is 0.000000502. The van der Waals surface area contributed by atoms with E-state index in [1.165, 1.54) is 0 Å². The predicted octanol–water partition coefficient (Wildman–Crippen LogP) is 2.84. The summed E-state index contributed by atoms with van der Waals surface area (Å²) in [7, 11) is 0. The van der Waals surface area contributed by atoms with Crippen LogP contribution in [0.4, 0.5) is 4.79 Å². The van der Waals surface area contributed by atoms with Gasteiger partial charge in [0.05, 0.1) is 65.9 Å². The second-order valence-electron chi connectivity index (χ2n) is 15.0. The van der Waals surface area contributed by atoms with Crippen LogP contribution in [0.2, 0.25) is 0 Å². The lowest BCUT2D eigenvalue weighted by Crippen LogP contribution is -2.45. The highest BCUT2D eigenvalue weighted by Gasteiger charge is 2.28. The van der Waals surface area contributed by atoms with Gasteiger partial charge >= 0.3 is 24.1 Å². The first-order valence-corrected chi connectivity index (χ1v) is 19.8. The minimum atomic E-state index is -1.04. The standard InChI is InChI=1S/C23H34N2O5.C11H19NO5.C6H11NO3.CH4/c1-17(2)14-21(23(28)29)24-22(27)19(9-8-18-6-4-3-5-7-18)15-20(26)16-25-10-12-30-13-11-25;1-9(2)8-16-11(14)17-10(13)7-12-3-5-15-6-4-12;8-6(9)5-7-1-3-10-4-2-7;/h3-7,17,19,21H,8-16H2,1-2H3,(H,24,27)(H,28,29);9H,3-8H2,1-2H3;1-5H2,(H,8,9);1H4/t19-,21?;;;/m1.../s1. The summed E-state index contributed by atoms with van der Waals surface area (Å²) in [5.74, 6) is -2.93. The second kappa shape index (κ2) is 30.1. The summed E-state index contributed by atoms with van der Waals surface area (Å²) in [6, 6.07) is 8.86. The van der Waals surface area contributed by atoms with Crippen molar-refractivity contribution in [2.24, 2.45) is 17.8 Å². The van der Waals surface area contributed by atoms with Gasteiger partial charge in [-0.3, -0.25) is 33.9 Å². The van der Waals surface area contributed by atoms with Gasteiger partial charge in [0.25, 0.3) is 0 Å². The number of nitrogens with zero attached hydrogens (tertiary/aromatic N) is 3. The molecule has 0 spiro atoms. The van der Waals surface area contributed by atoms with Crippen LogP contribution in [0.15, 0.2) is 30.3 Å². The lowest BCUT2D eigenvalue weighted by atomic mass is 9.92. The molecule has 1 unspecified atom stereocenters. The van der Waals surface area contributed by atoms with Crippen molar-refractivity contribution in [2.75, 3.05) is 105 Å². The van der Waals surface area contributed by atoms with Crippen molar-refractivity contribution in [1.82, 2.24) is 20.0 Å². The molecule has 0 bridgehead atoms. The molecule has 58 heavy (non-hydrogen) atoms. The molecule has 3 heterocycles. The number of carbonyl (C=O) groups is 6. The van der Waals surface area contributed by atoms with E-state index < -0.39 is 36.0 Å². The fraction of sp³-hybridized carbons (Fsp3) is 0.707. The molecule has 1 amide bonds. The Labute approximate surface area is 343 Å². The largest absolute Gasteiger partial charge is 0.516 e. The Kier molecular flexibility index (Phi) is 27.0. The number of ether oxygens (including phenoxy) is 5. The molecule has 1 aromatic rings. The van der Waals surface area contributed by atoms with Crippen LogP contribution < -0.4 is 5.32 Å². The number of esters is 1. The summed E-state index contributed by atoms with van der Waals surface area (Å²) in [6.07, 6.45) is 0.708. The molecule has 1 aromatic carbocycles. The molecule has 4 rings (SSSR count). The van der Waals surface area contributed by atoms with Crippen molar-refractivity contribution >= 4 is 35.8 Å². The van der Waals surface area contributed by atoms with Crippen LogP contribution in [0.25, 0.3) is 0 Å². The fourth-order valence-corrected chi connectivity index (χ4v) is 5.92. The lowest BCUT2D eigenvalue weighted by molar-refractivity contribution is -0.143. The quantitative estimate of drug-likeness (QED) is 0.144. The molecular formula is C41H68N4O13. The normalized spacial score (nSPS) is 17.2. The number of rotatable bonds is 18. The van der Waals surface area contributed by atoms with Gasteiger partial charge in [0, 0.05) is 51.6 Å². The van der Waals surface area contributed by atoms with Crippen LogP contribution in [0.3, 0.4) is 0 Å². The highest BCUT2D eigenvalue weighted by molar-refractivity contribution is 5.90. The van der Waals surface area contributed by atoms with Gasteiger partial charge in [-0.15, -0.1) is 0 Å².